The van der Waals surface area contributed by atoms with Crippen LogP contribution >= 0.6 is 0 Å². The molecule has 0 aliphatic heterocycles. The quantitative estimate of drug-likeness (QED) is 0.677. The van der Waals surface area contributed by atoms with Gasteiger partial charge in [0.25, 0.3) is 0 Å². The molecule has 0 aliphatic carbocycles. The van der Waals surface area contributed by atoms with Gasteiger partial charge in [-0.05, 0) is 19.3 Å². The van der Waals surface area contributed by atoms with Gasteiger partial charge in [-0.3, -0.25) is 0 Å². The number of aliphatic hydroxyl groups is 1. The lowest BCUT2D eigenvalue weighted by molar-refractivity contribution is 0.190. The number of unbranched alkanes of at least 4 members (excludes halogenated alkanes) is 1. The maximum absolute atomic E-state index is 9.13. The molecule has 0 atom stereocenters. The Hall–Kier alpha value is -0.940. The molecule has 0 saturated heterocycles. The molecule has 0 amide bonds. The van der Waals surface area contributed by atoms with Gasteiger partial charge in [-0.1, -0.05) is 18.6 Å². The van der Waals surface area contributed by atoms with E-state index in [9.17, 15) is 0 Å². The molecule has 0 spiro atoms. The molecule has 0 radical (unpaired) electrons. The van der Waals surface area contributed by atoms with E-state index in [2.05, 4.69) is 17.2 Å². The van der Waals surface area contributed by atoms with E-state index < -0.39 is 0 Å². The van der Waals surface area contributed by atoms with Crippen molar-refractivity contribution in [2.45, 2.75) is 45.8 Å². The lowest BCUT2D eigenvalue weighted by atomic mass is 10.2. The molecule has 0 fully saturated rings. The van der Waals surface area contributed by atoms with Crippen LogP contribution in [0.25, 0.3) is 0 Å². The van der Waals surface area contributed by atoms with Crippen molar-refractivity contribution in [2.75, 3.05) is 13.7 Å². The zero-order valence-corrected chi connectivity index (χ0v) is 10.1. The molecule has 0 aliphatic rings. The highest BCUT2D eigenvalue weighted by Gasteiger charge is 2.10. The van der Waals surface area contributed by atoms with Crippen LogP contribution < -0.4 is 0 Å². The van der Waals surface area contributed by atoms with E-state index in [4.69, 9.17) is 9.84 Å². The third-order valence-corrected chi connectivity index (χ3v) is 2.52. The van der Waals surface area contributed by atoms with Gasteiger partial charge in [0.1, 0.15) is 5.69 Å². The number of hydrogen-bond acceptors (Lipinski definition) is 4. The smallest absolute Gasteiger partial charge is 0.111 e. The molecule has 16 heavy (non-hydrogen) atoms. The molecule has 1 aromatic heterocycles. The number of hydrogen-bond donors (Lipinski definition) is 1. The second-order valence-corrected chi connectivity index (χ2v) is 3.81. The van der Waals surface area contributed by atoms with E-state index >= 15 is 0 Å². The zero-order chi connectivity index (χ0) is 11.8. The van der Waals surface area contributed by atoms with Crippen LogP contribution in [-0.2, 0) is 24.3 Å². The van der Waals surface area contributed by atoms with Gasteiger partial charge in [0.2, 0.25) is 0 Å². The van der Waals surface area contributed by atoms with Gasteiger partial charge in [-0.25, -0.2) is 4.68 Å². The molecule has 0 saturated carbocycles. The lowest BCUT2D eigenvalue weighted by Crippen LogP contribution is -2.07. The molecule has 1 N–H and O–H groups in total. The molecular formula is C11H21N3O2. The number of aliphatic hydroxyl groups excluding tert-OH is 1. The molecule has 1 heterocycles. The molecule has 92 valence electrons. The largest absolute Gasteiger partial charge is 0.390 e. The van der Waals surface area contributed by atoms with Crippen LogP contribution in [0.2, 0.25) is 0 Å². The van der Waals surface area contributed by atoms with Gasteiger partial charge in [-0.2, -0.15) is 0 Å². The fourth-order valence-electron chi connectivity index (χ4n) is 1.69. The third kappa shape index (κ3) is 3.57. The summed E-state index contributed by atoms with van der Waals surface area (Å²) in [6.07, 6.45) is 4.01. The van der Waals surface area contributed by atoms with E-state index in [1.807, 2.05) is 4.68 Å². The van der Waals surface area contributed by atoms with E-state index in [0.717, 1.165) is 44.5 Å². The molecule has 5 nitrogen and oxygen atoms in total. The number of nitrogens with zero attached hydrogens (tertiary/aromatic N) is 3. The Bertz CT molecular complexity index is 299. The molecule has 5 heteroatoms. The number of rotatable bonds is 8. The first-order valence-electron chi connectivity index (χ1n) is 5.84. The van der Waals surface area contributed by atoms with E-state index in [-0.39, 0.29) is 6.61 Å². The lowest BCUT2D eigenvalue weighted by Gasteiger charge is -2.06. The van der Waals surface area contributed by atoms with Crippen molar-refractivity contribution < 1.29 is 9.84 Å². The predicted octanol–water partition coefficient (Wildman–Crippen LogP) is 1.15. The first-order valence-corrected chi connectivity index (χ1v) is 5.84. The summed E-state index contributed by atoms with van der Waals surface area (Å²) < 4.78 is 6.91. The predicted molar refractivity (Wildman–Crippen MR) is 61.0 cm³/mol. The second kappa shape index (κ2) is 7.35. The van der Waals surface area contributed by atoms with E-state index in [1.54, 1.807) is 7.11 Å². The summed E-state index contributed by atoms with van der Waals surface area (Å²) in [5.41, 5.74) is 1.79. The maximum atomic E-state index is 9.13. The second-order valence-electron chi connectivity index (χ2n) is 3.81. The van der Waals surface area contributed by atoms with Crippen molar-refractivity contribution in [1.29, 1.82) is 0 Å². The number of aromatic nitrogens is 3. The molecule has 1 rings (SSSR count). The van der Waals surface area contributed by atoms with Gasteiger partial charge >= 0.3 is 0 Å². The third-order valence-electron chi connectivity index (χ3n) is 2.52. The van der Waals surface area contributed by atoms with E-state index in [1.165, 1.54) is 0 Å². The van der Waals surface area contributed by atoms with Gasteiger partial charge in [-0.15, -0.1) is 5.10 Å². The van der Waals surface area contributed by atoms with Crippen molar-refractivity contribution >= 4 is 0 Å². The summed E-state index contributed by atoms with van der Waals surface area (Å²) in [6, 6.07) is 0. The maximum Gasteiger partial charge on any atom is 0.111 e. The Labute approximate surface area is 96.4 Å². The Balaban J connectivity index is 2.53. The minimum atomic E-state index is -0.0204. The van der Waals surface area contributed by atoms with Crippen molar-refractivity contribution in [3.63, 3.8) is 0 Å². The van der Waals surface area contributed by atoms with Crippen LogP contribution in [0.15, 0.2) is 0 Å². The highest BCUT2D eigenvalue weighted by atomic mass is 16.5. The van der Waals surface area contributed by atoms with Crippen LogP contribution in [0, 0.1) is 0 Å². The SMILES string of the molecule is CCCc1c(CO)nnn1CCCCOC. The first-order chi connectivity index (χ1) is 7.83. The van der Waals surface area contributed by atoms with Crippen molar-refractivity contribution in [1.82, 2.24) is 15.0 Å². The Morgan fingerprint density at radius 2 is 2.19 bits per heavy atom. The Kier molecular flexibility index (Phi) is 6.03. The van der Waals surface area contributed by atoms with Crippen LogP contribution in [0.1, 0.15) is 37.6 Å². The fraction of sp³-hybridized carbons (Fsp3) is 0.818. The van der Waals surface area contributed by atoms with Gasteiger partial charge in [0, 0.05) is 20.3 Å². The average Bonchev–Trinajstić information content (AvgIpc) is 2.68. The highest BCUT2D eigenvalue weighted by Crippen LogP contribution is 2.09. The summed E-state index contributed by atoms with van der Waals surface area (Å²) in [5, 5.41) is 17.2. The van der Waals surface area contributed by atoms with Crippen molar-refractivity contribution in [2.24, 2.45) is 0 Å². The molecular weight excluding hydrogens is 206 g/mol. The summed E-state index contributed by atoms with van der Waals surface area (Å²) in [6.45, 7) is 3.73. The normalized spacial score (nSPS) is 10.9. The Morgan fingerprint density at radius 1 is 1.38 bits per heavy atom. The fourth-order valence-corrected chi connectivity index (χ4v) is 1.69. The van der Waals surface area contributed by atoms with Crippen LogP contribution in [0.4, 0.5) is 0 Å². The summed E-state index contributed by atoms with van der Waals surface area (Å²) >= 11 is 0. The molecule has 0 aromatic carbocycles. The van der Waals surface area contributed by atoms with Crippen LogP contribution in [-0.4, -0.2) is 33.8 Å². The van der Waals surface area contributed by atoms with Gasteiger partial charge < -0.3 is 9.84 Å². The standard InChI is InChI=1S/C11H21N3O2/c1-3-6-11-10(9-15)12-13-14(11)7-4-5-8-16-2/h15H,3-9H2,1-2H3. The van der Waals surface area contributed by atoms with Crippen molar-refractivity contribution in [3.05, 3.63) is 11.4 Å². The minimum Gasteiger partial charge on any atom is -0.390 e. The number of methoxy groups -OCH3 is 1. The minimum absolute atomic E-state index is 0.0204. The van der Waals surface area contributed by atoms with Crippen LogP contribution in [0.5, 0.6) is 0 Å². The molecule has 1 aromatic rings. The zero-order valence-electron chi connectivity index (χ0n) is 10.1. The monoisotopic (exact) mass is 227 g/mol. The van der Waals surface area contributed by atoms with E-state index in [0.29, 0.717) is 5.69 Å². The topological polar surface area (TPSA) is 60.2 Å². The van der Waals surface area contributed by atoms with Crippen molar-refractivity contribution in [3.8, 4) is 0 Å². The van der Waals surface area contributed by atoms with Gasteiger partial charge in [0.05, 0.1) is 12.3 Å². The van der Waals surface area contributed by atoms with Gasteiger partial charge in [0.15, 0.2) is 0 Å². The average molecular weight is 227 g/mol. The molecule has 0 unspecified atom stereocenters. The molecule has 0 bridgehead atoms. The summed E-state index contributed by atoms with van der Waals surface area (Å²) in [5.74, 6) is 0. The number of aryl methyl sites for hydroxylation is 1. The number of ether oxygens (including phenoxy) is 1. The first kappa shape index (κ1) is 13.1. The van der Waals surface area contributed by atoms with Crippen LogP contribution in [0.3, 0.4) is 0 Å². The highest BCUT2D eigenvalue weighted by molar-refractivity contribution is 5.09. The summed E-state index contributed by atoms with van der Waals surface area (Å²) in [7, 11) is 1.71. The summed E-state index contributed by atoms with van der Waals surface area (Å²) in [4.78, 5) is 0. The Morgan fingerprint density at radius 3 is 2.81 bits per heavy atom.